The van der Waals surface area contributed by atoms with Crippen LogP contribution in [0.2, 0.25) is 19.1 Å². The van der Waals surface area contributed by atoms with Crippen molar-refractivity contribution in [3.05, 3.63) is 71.1 Å². The van der Waals surface area contributed by atoms with Gasteiger partial charge in [-0.3, -0.25) is 9.59 Å². The third-order valence-corrected chi connectivity index (χ3v) is 9.55. The quantitative estimate of drug-likeness (QED) is 0.341. The summed E-state index contributed by atoms with van der Waals surface area (Å²) in [6.07, 6.45) is 2.24. The standard InChI is InChI=1S/C25H29N3O2SSi/c1-32(2)15-22(27-16-32)23(29)12-7-17-5-8-18(9-6-17)25(30)28-21-14-19(10-11-20(21)26)24-4-3-13-31-24/h3-6,8-11,13-14,22,27H,7,12,15-16,26H2,1-2H3,(H,28,30)/t22-/m0/s1. The molecule has 1 saturated heterocycles. The lowest BCUT2D eigenvalue weighted by molar-refractivity contribution is -0.120. The van der Waals surface area contributed by atoms with Crippen molar-refractivity contribution in [2.24, 2.45) is 0 Å². The molecule has 1 fully saturated rings. The summed E-state index contributed by atoms with van der Waals surface area (Å²) in [5.74, 6) is 0.0935. The van der Waals surface area contributed by atoms with Gasteiger partial charge in [-0.2, -0.15) is 0 Å². The summed E-state index contributed by atoms with van der Waals surface area (Å²) in [7, 11) is -1.23. The molecule has 1 aromatic heterocycles. The van der Waals surface area contributed by atoms with Crippen LogP contribution in [-0.2, 0) is 11.2 Å². The number of hydrogen-bond acceptors (Lipinski definition) is 5. The van der Waals surface area contributed by atoms with Gasteiger partial charge in [0.2, 0.25) is 0 Å². The Morgan fingerprint density at radius 2 is 1.94 bits per heavy atom. The van der Waals surface area contributed by atoms with Crippen LogP contribution < -0.4 is 16.4 Å². The fourth-order valence-corrected chi connectivity index (χ4v) is 7.19. The normalized spacial score (nSPS) is 17.2. The molecule has 32 heavy (non-hydrogen) atoms. The Morgan fingerprint density at radius 1 is 1.16 bits per heavy atom. The summed E-state index contributed by atoms with van der Waals surface area (Å²) in [6.45, 7) is 4.65. The molecule has 1 amide bonds. The zero-order valence-corrected chi connectivity index (χ0v) is 20.3. The molecule has 1 aliphatic rings. The van der Waals surface area contributed by atoms with Crippen molar-refractivity contribution in [2.45, 2.75) is 38.0 Å². The molecule has 5 nitrogen and oxygen atoms in total. The number of benzene rings is 2. The molecule has 0 saturated carbocycles. The lowest BCUT2D eigenvalue weighted by atomic mass is 10.0. The first kappa shape index (κ1) is 22.5. The first-order valence-corrected chi connectivity index (χ1v) is 15.2. The highest BCUT2D eigenvalue weighted by Crippen LogP contribution is 2.30. The second-order valence-corrected chi connectivity index (χ2v) is 15.2. The van der Waals surface area contributed by atoms with Crippen molar-refractivity contribution < 1.29 is 9.59 Å². The van der Waals surface area contributed by atoms with Crippen LogP contribution in [0.4, 0.5) is 11.4 Å². The monoisotopic (exact) mass is 463 g/mol. The van der Waals surface area contributed by atoms with E-state index >= 15 is 0 Å². The van der Waals surface area contributed by atoms with E-state index in [0.29, 0.717) is 35.6 Å². The highest BCUT2D eigenvalue weighted by Gasteiger charge is 2.35. The van der Waals surface area contributed by atoms with Gasteiger partial charge in [-0.15, -0.1) is 11.3 Å². The Balaban J connectivity index is 1.35. The van der Waals surface area contributed by atoms with Gasteiger partial charge in [0.15, 0.2) is 0 Å². The van der Waals surface area contributed by atoms with Crippen molar-refractivity contribution in [1.82, 2.24) is 5.32 Å². The molecule has 2 aromatic carbocycles. The average Bonchev–Trinajstić information content (AvgIpc) is 3.43. The number of amides is 1. The highest BCUT2D eigenvalue weighted by molar-refractivity contribution is 7.13. The molecule has 0 bridgehead atoms. The van der Waals surface area contributed by atoms with Crippen LogP contribution in [0, 0.1) is 0 Å². The Bertz CT molecular complexity index is 1110. The fraction of sp³-hybridized carbons (Fsp3) is 0.280. The summed E-state index contributed by atoms with van der Waals surface area (Å²) in [6, 6.07) is 18.2. The SMILES string of the molecule is C[Si]1(C)CN[C@H](C(=O)CCc2ccc(C(=O)Nc3cc(-c4cccs4)ccc3N)cc2)C1. The van der Waals surface area contributed by atoms with Crippen LogP contribution in [0.3, 0.4) is 0 Å². The number of ketones is 1. The highest BCUT2D eigenvalue weighted by atomic mass is 32.1. The van der Waals surface area contributed by atoms with Crippen molar-refractivity contribution >= 4 is 42.5 Å². The second kappa shape index (κ2) is 9.40. The number of nitrogens with one attached hydrogen (secondary N) is 2. The smallest absolute Gasteiger partial charge is 0.255 e. The third kappa shape index (κ3) is 5.35. The van der Waals surface area contributed by atoms with Gasteiger partial charge in [-0.25, -0.2) is 0 Å². The minimum atomic E-state index is -1.23. The topological polar surface area (TPSA) is 84.2 Å². The van der Waals surface area contributed by atoms with Gasteiger partial charge in [0.25, 0.3) is 5.91 Å². The Morgan fingerprint density at radius 3 is 2.59 bits per heavy atom. The van der Waals surface area contributed by atoms with Crippen LogP contribution in [0.25, 0.3) is 10.4 Å². The van der Waals surface area contributed by atoms with E-state index in [9.17, 15) is 9.59 Å². The van der Waals surface area contributed by atoms with E-state index in [1.165, 1.54) is 0 Å². The zero-order valence-electron chi connectivity index (χ0n) is 18.5. The molecule has 0 aliphatic carbocycles. The molecule has 7 heteroatoms. The Hall–Kier alpha value is -2.74. The summed E-state index contributed by atoms with van der Waals surface area (Å²) in [4.78, 5) is 26.4. The zero-order chi connectivity index (χ0) is 22.7. The number of carbonyl (C=O) groups excluding carboxylic acids is 2. The number of nitrogens with two attached hydrogens (primary N) is 1. The second-order valence-electron chi connectivity index (χ2n) is 9.20. The molecule has 1 aliphatic heterocycles. The largest absolute Gasteiger partial charge is 0.397 e. The van der Waals surface area contributed by atoms with Gasteiger partial charge in [-0.1, -0.05) is 37.4 Å². The summed E-state index contributed by atoms with van der Waals surface area (Å²) in [5.41, 5.74) is 9.86. The van der Waals surface area contributed by atoms with Crippen LogP contribution in [0.5, 0.6) is 0 Å². The summed E-state index contributed by atoms with van der Waals surface area (Å²) in [5, 5.41) is 8.34. The molecular weight excluding hydrogens is 434 g/mol. The van der Waals surface area contributed by atoms with Crippen molar-refractivity contribution in [1.29, 1.82) is 0 Å². The van der Waals surface area contributed by atoms with E-state index in [2.05, 4.69) is 23.7 Å². The van der Waals surface area contributed by atoms with E-state index in [1.807, 2.05) is 47.8 Å². The van der Waals surface area contributed by atoms with Crippen LogP contribution in [0.15, 0.2) is 60.0 Å². The molecular formula is C25H29N3O2SSi. The number of rotatable bonds is 7. The number of Topliss-reactive ketones (excluding diaryl/α,β-unsaturated/α-hetero) is 1. The molecule has 2 heterocycles. The lowest BCUT2D eigenvalue weighted by Crippen LogP contribution is -2.30. The lowest BCUT2D eigenvalue weighted by Gasteiger charge is -2.13. The summed E-state index contributed by atoms with van der Waals surface area (Å²) < 4.78 is 0. The van der Waals surface area contributed by atoms with E-state index in [0.717, 1.165) is 28.2 Å². The number of thiophene rings is 1. The Labute approximate surface area is 194 Å². The van der Waals surface area contributed by atoms with Crippen molar-refractivity contribution in [3.8, 4) is 10.4 Å². The van der Waals surface area contributed by atoms with Crippen molar-refractivity contribution in [3.63, 3.8) is 0 Å². The Kier molecular flexibility index (Phi) is 6.60. The first-order valence-electron chi connectivity index (χ1n) is 10.9. The first-order chi connectivity index (χ1) is 15.3. The number of aryl methyl sites for hydroxylation is 1. The van der Waals surface area contributed by atoms with Gasteiger partial charge >= 0.3 is 0 Å². The predicted molar refractivity (Wildman–Crippen MR) is 136 cm³/mol. The fourth-order valence-electron chi connectivity index (χ4n) is 4.04. The van der Waals surface area contributed by atoms with Gasteiger partial charge in [0.05, 0.1) is 25.5 Å². The molecule has 0 spiro atoms. The average molecular weight is 464 g/mol. The van der Waals surface area contributed by atoms with E-state index < -0.39 is 8.07 Å². The van der Waals surface area contributed by atoms with Gasteiger partial charge in [0, 0.05) is 16.9 Å². The van der Waals surface area contributed by atoms with E-state index in [-0.39, 0.29) is 11.9 Å². The number of nitrogen functional groups attached to an aromatic ring is 1. The van der Waals surface area contributed by atoms with E-state index in [1.54, 1.807) is 23.5 Å². The van der Waals surface area contributed by atoms with Crippen LogP contribution >= 0.6 is 11.3 Å². The molecule has 0 radical (unpaired) electrons. The van der Waals surface area contributed by atoms with E-state index in [4.69, 9.17) is 5.73 Å². The number of carbonyl (C=O) groups is 2. The predicted octanol–water partition coefficient (Wildman–Crippen LogP) is 4.97. The molecule has 0 unspecified atom stereocenters. The summed E-state index contributed by atoms with van der Waals surface area (Å²) >= 11 is 1.64. The third-order valence-electron chi connectivity index (χ3n) is 5.96. The molecule has 4 rings (SSSR count). The maximum Gasteiger partial charge on any atom is 0.255 e. The maximum atomic E-state index is 12.8. The van der Waals surface area contributed by atoms with Crippen LogP contribution in [0.1, 0.15) is 22.3 Å². The van der Waals surface area contributed by atoms with Gasteiger partial charge in [0.1, 0.15) is 5.78 Å². The van der Waals surface area contributed by atoms with Crippen molar-refractivity contribution in [2.75, 3.05) is 17.2 Å². The molecule has 1 atom stereocenters. The van der Waals surface area contributed by atoms with Gasteiger partial charge < -0.3 is 16.4 Å². The number of hydrogen-bond donors (Lipinski definition) is 3. The minimum absolute atomic E-state index is 0.0251. The maximum absolute atomic E-state index is 12.8. The molecule has 4 N–H and O–H groups in total. The molecule has 3 aromatic rings. The number of anilines is 2. The molecule has 166 valence electrons. The van der Waals surface area contributed by atoms with Crippen LogP contribution in [-0.4, -0.2) is 32.0 Å². The minimum Gasteiger partial charge on any atom is -0.397 e. The van der Waals surface area contributed by atoms with Gasteiger partial charge in [-0.05, 0) is 65.5 Å².